The molecule has 30 heavy (non-hydrogen) atoms. The summed E-state index contributed by atoms with van der Waals surface area (Å²) in [5.74, 6) is -0.241. The fourth-order valence-electron chi connectivity index (χ4n) is 3.11. The van der Waals surface area contributed by atoms with E-state index in [4.69, 9.17) is 9.39 Å². The van der Waals surface area contributed by atoms with Gasteiger partial charge in [-0.15, -0.1) is 0 Å². The van der Waals surface area contributed by atoms with E-state index in [1.165, 1.54) is 12.1 Å². The van der Waals surface area contributed by atoms with E-state index in [1.54, 1.807) is 43.3 Å². The molecule has 0 spiro atoms. The first-order valence-corrected chi connectivity index (χ1v) is 9.42. The maximum atomic E-state index is 13.3. The lowest BCUT2D eigenvalue weighted by atomic mass is 9.77. The van der Waals surface area contributed by atoms with E-state index in [2.05, 4.69) is 10.4 Å². The third-order valence-corrected chi connectivity index (χ3v) is 4.76. The van der Waals surface area contributed by atoms with Crippen LogP contribution in [0.3, 0.4) is 0 Å². The second-order valence-electron chi connectivity index (χ2n) is 7.88. The van der Waals surface area contributed by atoms with Crippen LogP contribution in [0.2, 0.25) is 0 Å². The normalized spacial score (nSPS) is 12.7. The van der Waals surface area contributed by atoms with Crippen LogP contribution in [0.5, 0.6) is 5.75 Å². The third-order valence-electron chi connectivity index (χ3n) is 4.76. The van der Waals surface area contributed by atoms with Crippen molar-refractivity contribution in [3.05, 3.63) is 53.1 Å². The molecule has 2 aromatic rings. The quantitative estimate of drug-likeness (QED) is 0.597. The van der Waals surface area contributed by atoms with Crippen molar-refractivity contribution < 1.29 is 24.0 Å². The highest BCUT2D eigenvalue weighted by Crippen LogP contribution is 2.23. The van der Waals surface area contributed by atoms with E-state index in [0.29, 0.717) is 33.6 Å². The van der Waals surface area contributed by atoms with E-state index < -0.39 is 24.5 Å². The molecule has 0 aromatic heterocycles. The summed E-state index contributed by atoms with van der Waals surface area (Å²) in [5.41, 5.74) is 4.32. The van der Waals surface area contributed by atoms with Crippen LogP contribution in [0.15, 0.2) is 41.4 Å². The molecule has 2 aromatic carbocycles. The minimum atomic E-state index is -1.13. The zero-order chi connectivity index (χ0) is 22.1. The monoisotopic (exact) mass is 409 g/mol. The van der Waals surface area contributed by atoms with E-state index in [9.17, 15) is 14.6 Å². The first-order valence-electron chi connectivity index (χ1n) is 9.42. The number of hydrogen-bond acceptors (Lipinski definition) is 6. The van der Waals surface area contributed by atoms with Gasteiger partial charge in [0.2, 0.25) is 0 Å². The van der Waals surface area contributed by atoms with Crippen LogP contribution >= 0.6 is 0 Å². The number of hydrogen-bond donors (Lipinski definition) is 2. The molecule has 0 atom stereocenters. The second kappa shape index (κ2) is 8.20. The highest BCUT2D eigenvalue weighted by atomic mass is 16.5. The molecule has 156 valence electrons. The summed E-state index contributed by atoms with van der Waals surface area (Å²) in [6, 6.07) is 9.87. The predicted octanol–water partition coefficient (Wildman–Crippen LogP) is 1.97. The molecule has 1 aliphatic heterocycles. The van der Waals surface area contributed by atoms with Crippen molar-refractivity contribution in [3.8, 4) is 5.75 Å². The van der Waals surface area contributed by atoms with Crippen molar-refractivity contribution in [1.82, 2.24) is 10.4 Å². The van der Waals surface area contributed by atoms with Gasteiger partial charge < -0.3 is 14.4 Å². The highest BCUT2D eigenvalue weighted by molar-refractivity contribution is 6.63. The SMILES string of the molecule is COc1cccc(C(=O)NN(C(=O)c2ccc3c(c2)N=COB3O)C(C)(C)C)c1C. The summed E-state index contributed by atoms with van der Waals surface area (Å²) in [6.45, 7) is 7.24. The lowest BCUT2D eigenvalue weighted by molar-refractivity contribution is 0.0358. The van der Waals surface area contributed by atoms with Crippen LogP contribution in [0, 0.1) is 6.92 Å². The number of rotatable bonds is 3. The number of fused-ring (bicyclic) bond motifs is 1. The van der Waals surface area contributed by atoms with Crippen molar-refractivity contribution in [3.63, 3.8) is 0 Å². The standard InChI is InChI=1S/C21H24BN3O5/c1-13-15(7-6-8-18(13)29-5)19(26)24-25(21(2,3)4)20(27)14-9-10-16-17(11-14)23-12-30-22(16)28/h6-12,28H,1-5H3,(H,24,26). The van der Waals surface area contributed by atoms with Crippen molar-refractivity contribution in [2.45, 2.75) is 33.2 Å². The molecule has 0 aliphatic carbocycles. The van der Waals surface area contributed by atoms with Crippen LogP contribution in [0.25, 0.3) is 0 Å². The summed E-state index contributed by atoms with van der Waals surface area (Å²) in [7, 11) is 0.409. The first-order chi connectivity index (χ1) is 14.1. The number of benzene rings is 2. The van der Waals surface area contributed by atoms with Gasteiger partial charge in [-0.1, -0.05) is 12.1 Å². The second-order valence-corrected chi connectivity index (χ2v) is 7.88. The van der Waals surface area contributed by atoms with Crippen LogP contribution < -0.4 is 15.6 Å². The summed E-state index contributed by atoms with van der Waals surface area (Å²) in [6.07, 6.45) is 1.14. The molecular weight excluding hydrogens is 385 g/mol. The van der Waals surface area contributed by atoms with Crippen molar-refractivity contribution in [1.29, 1.82) is 0 Å². The highest BCUT2D eigenvalue weighted by Gasteiger charge is 2.32. The number of hydrazine groups is 1. The molecule has 8 nitrogen and oxygen atoms in total. The number of ether oxygens (including phenoxy) is 1. The molecule has 1 heterocycles. The van der Waals surface area contributed by atoms with Crippen LogP contribution in [-0.4, -0.2) is 48.0 Å². The van der Waals surface area contributed by atoms with Gasteiger partial charge in [-0.2, -0.15) is 0 Å². The molecule has 0 radical (unpaired) electrons. The van der Waals surface area contributed by atoms with Crippen LogP contribution in [0.1, 0.15) is 47.1 Å². The smallest absolute Gasteiger partial charge is 0.524 e. The van der Waals surface area contributed by atoms with Gasteiger partial charge in [0.25, 0.3) is 11.8 Å². The molecular formula is C21H24BN3O5. The lowest BCUT2D eigenvalue weighted by Crippen LogP contribution is -2.56. The molecule has 0 fully saturated rings. The van der Waals surface area contributed by atoms with Gasteiger partial charge in [0, 0.05) is 22.2 Å². The Morgan fingerprint density at radius 3 is 2.63 bits per heavy atom. The van der Waals surface area contributed by atoms with Crippen LogP contribution in [-0.2, 0) is 4.65 Å². The zero-order valence-corrected chi connectivity index (χ0v) is 17.6. The first kappa shape index (κ1) is 21.4. The summed E-state index contributed by atoms with van der Waals surface area (Å²) in [5, 5.41) is 11.2. The van der Waals surface area contributed by atoms with Gasteiger partial charge in [-0.3, -0.25) is 15.0 Å². The molecule has 0 saturated heterocycles. The number of methoxy groups -OCH3 is 1. The number of carbonyl (C=O) groups excluding carboxylic acids is 2. The molecule has 2 N–H and O–H groups in total. The Labute approximate surface area is 175 Å². The van der Waals surface area contributed by atoms with Gasteiger partial charge in [0.15, 0.2) is 6.40 Å². The minimum Gasteiger partial charge on any atom is -0.524 e. The zero-order valence-electron chi connectivity index (χ0n) is 17.6. The predicted molar refractivity (Wildman–Crippen MR) is 114 cm³/mol. The number of nitrogens with one attached hydrogen (secondary N) is 1. The summed E-state index contributed by atoms with van der Waals surface area (Å²) >= 11 is 0. The van der Waals surface area contributed by atoms with Gasteiger partial charge in [-0.25, -0.2) is 10.0 Å². The third kappa shape index (κ3) is 4.16. The Hall–Kier alpha value is -3.33. The average molecular weight is 409 g/mol. The van der Waals surface area contributed by atoms with Crippen molar-refractivity contribution >= 4 is 36.5 Å². The minimum absolute atomic E-state index is 0.317. The maximum absolute atomic E-state index is 13.3. The fraction of sp³-hybridized carbons (Fsp3) is 0.286. The molecule has 3 rings (SSSR count). The maximum Gasteiger partial charge on any atom is 0.562 e. The Bertz CT molecular complexity index is 1020. The van der Waals surface area contributed by atoms with Crippen LogP contribution in [0.4, 0.5) is 5.69 Å². The molecule has 9 heteroatoms. The largest absolute Gasteiger partial charge is 0.562 e. The Balaban J connectivity index is 1.91. The van der Waals surface area contributed by atoms with E-state index in [1.807, 2.05) is 20.8 Å². The Kier molecular flexibility index (Phi) is 5.84. The van der Waals surface area contributed by atoms with E-state index in [-0.39, 0.29) is 0 Å². The van der Waals surface area contributed by atoms with E-state index in [0.717, 1.165) is 6.40 Å². The molecule has 1 aliphatic rings. The number of amides is 2. The summed E-state index contributed by atoms with van der Waals surface area (Å²) < 4.78 is 10.2. The number of aliphatic imine (C=N–C) groups is 1. The summed E-state index contributed by atoms with van der Waals surface area (Å²) in [4.78, 5) is 30.3. The fourth-order valence-corrected chi connectivity index (χ4v) is 3.11. The molecule has 0 saturated carbocycles. The molecule has 0 unspecified atom stereocenters. The average Bonchev–Trinajstić information content (AvgIpc) is 2.70. The lowest BCUT2D eigenvalue weighted by Gasteiger charge is -2.35. The molecule has 0 bridgehead atoms. The van der Waals surface area contributed by atoms with E-state index >= 15 is 0 Å². The van der Waals surface area contributed by atoms with Crippen molar-refractivity contribution in [2.24, 2.45) is 4.99 Å². The van der Waals surface area contributed by atoms with Crippen molar-refractivity contribution in [2.75, 3.05) is 7.11 Å². The van der Waals surface area contributed by atoms with Gasteiger partial charge in [0.05, 0.1) is 18.3 Å². The van der Waals surface area contributed by atoms with Gasteiger partial charge in [-0.05, 0) is 52.0 Å². The Morgan fingerprint density at radius 2 is 1.97 bits per heavy atom. The molecule has 2 amide bonds. The number of carbonyl (C=O) groups is 2. The Morgan fingerprint density at radius 1 is 1.23 bits per heavy atom. The topological polar surface area (TPSA) is 100 Å². The van der Waals surface area contributed by atoms with Gasteiger partial charge >= 0.3 is 7.12 Å². The number of nitrogens with zero attached hydrogens (tertiary/aromatic N) is 2. The van der Waals surface area contributed by atoms with Gasteiger partial charge in [0.1, 0.15) is 5.75 Å².